The van der Waals surface area contributed by atoms with Gasteiger partial charge < -0.3 is 0 Å². The average molecular weight is 301 g/mol. The van der Waals surface area contributed by atoms with E-state index in [1.54, 1.807) is 0 Å². The van der Waals surface area contributed by atoms with Crippen LogP contribution in [0.25, 0.3) is 22.5 Å². The molecule has 1 unspecified atom stereocenters. The standard InChI is InChI=1S/C22H21O/c1-16-12-13-21-20(14-16)19(17-8-4-2-5-9-17)15-22(23-21)18-10-6-3-7-11-18/h2-11,15-16H,12-14H2,1H3/q+1. The smallest absolute Gasteiger partial charge is 0.212 e. The van der Waals surface area contributed by atoms with Gasteiger partial charge in [-0.3, -0.25) is 0 Å². The summed E-state index contributed by atoms with van der Waals surface area (Å²) in [5.74, 6) is 2.86. The highest BCUT2D eigenvalue weighted by Crippen LogP contribution is 2.37. The van der Waals surface area contributed by atoms with E-state index in [4.69, 9.17) is 4.42 Å². The molecule has 114 valence electrons. The summed E-state index contributed by atoms with van der Waals surface area (Å²) in [7, 11) is 0. The monoisotopic (exact) mass is 301 g/mol. The Balaban J connectivity index is 1.92. The molecule has 0 amide bonds. The van der Waals surface area contributed by atoms with Crippen LogP contribution in [0.2, 0.25) is 0 Å². The molecule has 4 rings (SSSR count). The molecule has 0 bridgehead atoms. The van der Waals surface area contributed by atoms with Crippen LogP contribution in [0.1, 0.15) is 24.7 Å². The van der Waals surface area contributed by atoms with Crippen molar-refractivity contribution in [1.82, 2.24) is 0 Å². The molecule has 1 aliphatic rings. The Kier molecular flexibility index (Phi) is 3.70. The minimum atomic E-state index is 0.725. The molecule has 3 aromatic rings. The highest BCUT2D eigenvalue weighted by atomic mass is 16.3. The van der Waals surface area contributed by atoms with Crippen LogP contribution in [0.15, 0.2) is 71.1 Å². The summed E-state index contributed by atoms with van der Waals surface area (Å²) >= 11 is 0. The Morgan fingerprint density at radius 1 is 0.870 bits per heavy atom. The molecule has 0 radical (unpaired) electrons. The molecule has 1 atom stereocenters. The first-order chi connectivity index (χ1) is 11.3. The Labute approximate surface area is 137 Å². The van der Waals surface area contributed by atoms with Gasteiger partial charge in [-0.1, -0.05) is 55.5 Å². The average Bonchev–Trinajstić information content (AvgIpc) is 2.62. The lowest BCUT2D eigenvalue weighted by atomic mass is 9.84. The molecule has 23 heavy (non-hydrogen) atoms. The van der Waals surface area contributed by atoms with Gasteiger partial charge in [-0.15, -0.1) is 0 Å². The molecule has 1 aliphatic carbocycles. The number of hydrogen-bond donors (Lipinski definition) is 0. The summed E-state index contributed by atoms with van der Waals surface area (Å²) in [6.45, 7) is 2.34. The van der Waals surface area contributed by atoms with Gasteiger partial charge in [0.25, 0.3) is 0 Å². The van der Waals surface area contributed by atoms with Gasteiger partial charge in [-0.25, -0.2) is 4.42 Å². The third kappa shape index (κ3) is 2.79. The van der Waals surface area contributed by atoms with Crippen molar-refractivity contribution in [2.24, 2.45) is 5.92 Å². The van der Waals surface area contributed by atoms with Gasteiger partial charge in [0.15, 0.2) is 0 Å². The van der Waals surface area contributed by atoms with E-state index in [-0.39, 0.29) is 0 Å². The van der Waals surface area contributed by atoms with Gasteiger partial charge in [-0.05, 0) is 36.5 Å². The Bertz CT molecular complexity index is 806. The van der Waals surface area contributed by atoms with Crippen molar-refractivity contribution in [3.8, 4) is 22.5 Å². The van der Waals surface area contributed by atoms with E-state index in [0.29, 0.717) is 0 Å². The lowest BCUT2D eigenvalue weighted by Gasteiger charge is -2.18. The third-order valence-electron chi connectivity index (χ3n) is 4.73. The van der Waals surface area contributed by atoms with Crippen LogP contribution >= 0.6 is 0 Å². The van der Waals surface area contributed by atoms with Crippen molar-refractivity contribution < 1.29 is 4.42 Å². The fourth-order valence-electron chi connectivity index (χ4n) is 3.47. The first-order valence-corrected chi connectivity index (χ1v) is 8.41. The van der Waals surface area contributed by atoms with Gasteiger partial charge in [0.2, 0.25) is 0 Å². The summed E-state index contributed by atoms with van der Waals surface area (Å²) in [5, 5.41) is 0. The summed E-state index contributed by atoms with van der Waals surface area (Å²) in [4.78, 5) is 0. The largest absolute Gasteiger partial charge is 0.360 e. The van der Waals surface area contributed by atoms with E-state index in [1.165, 1.54) is 28.9 Å². The lowest BCUT2D eigenvalue weighted by Crippen LogP contribution is -2.12. The molecule has 1 heterocycles. The van der Waals surface area contributed by atoms with E-state index < -0.39 is 0 Å². The van der Waals surface area contributed by atoms with E-state index in [2.05, 4.69) is 67.6 Å². The second kappa shape index (κ2) is 6.00. The van der Waals surface area contributed by atoms with Crippen LogP contribution in [0.3, 0.4) is 0 Å². The van der Waals surface area contributed by atoms with Crippen molar-refractivity contribution in [3.63, 3.8) is 0 Å². The SMILES string of the molecule is CC1CCc2[o+]c(-c3ccccc3)cc(-c3ccccc3)c2C1. The van der Waals surface area contributed by atoms with Crippen LogP contribution in [-0.2, 0) is 12.8 Å². The molecule has 1 heteroatoms. The molecule has 0 saturated heterocycles. The molecule has 0 aliphatic heterocycles. The van der Waals surface area contributed by atoms with E-state index in [9.17, 15) is 0 Å². The van der Waals surface area contributed by atoms with Crippen LogP contribution in [-0.4, -0.2) is 0 Å². The molecular formula is C22H21O+. The minimum absolute atomic E-state index is 0.725. The van der Waals surface area contributed by atoms with Gasteiger partial charge in [0.1, 0.15) is 0 Å². The fourth-order valence-corrected chi connectivity index (χ4v) is 3.47. The molecule has 0 N–H and O–H groups in total. The maximum absolute atomic E-state index is 6.30. The second-order valence-corrected chi connectivity index (χ2v) is 6.51. The molecule has 2 aromatic carbocycles. The summed E-state index contributed by atoms with van der Waals surface area (Å²) < 4.78 is 6.30. The first kappa shape index (κ1) is 14.2. The maximum Gasteiger partial charge on any atom is 0.360 e. The zero-order chi connectivity index (χ0) is 15.6. The predicted octanol–water partition coefficient (Wildman–Crippen LogP) is 6.02. The molecule has 0 spiro atoms. The lowest BCUT2D eigenvalue weighted by molar-refractivity contribution is 0.413. The van der Waals surface area contributed by atoms with Crippen molar-refractivity contribution in [3.05, 3.63) is 78.1 Å². The first-order valence-electron chi connectivity index (χ1n) is 8.41. The summed E-state index contributed by atoms with van der Waals surface area (Å²) in [6, 6.07) is 23.3. The van der Waals surface area contributed by atoms with E-state index in [1.807, 2.05) is 6.07 Å². The molecule has 1 aromatic heterocycles. The van der Waals surface area contributed by atoms with Crippen LogP contribution in [0.4, 0.5) is 0 Å². The van der Waals surface area contributed by atoms with E-state index >= 15 is 0 Å². The molecule has 0 fully saturated rings. The molecule has 0 saturated carbocycles. The van der Waals surface area contributed by atoms with Gasteiger partial charge in [0.05, 0.1) is 23.6 Å². The van der Waals surface area contributed by atoms with Crippen LogP contribution in [0.5, 0.6) is 0 Å². The number of rotatable bonds is 2. The number of aryl methyl sites for hydroxylation is 1. The zero-order valence-electron chi connectivity index (χ0n) is 13.5. The van der Waals surface area contributed by atoms with Crippen molar-refractivity contribution in [2.75, 3.05) is 0 Å². The Hall–Kier alpha value is -2.41. The predicted molar refractivity (Wildman–Crippen MR) is 95.2 cm³/mol. The maximum atomic E-state index is 6.30. The van der Waals surface area contributed by atoms with Gasteiger partial charge >= 0.3 is 11.5 Å². The van der Waals surface area contributed by atoms with Crippen LogP contribution < -0.4 is 0 Å². The van der Waals surface area contributed by atoms with Crippen molar-refractivity contribution in [2.45, 2.75) is 26.2 Å². The minimum Gasteiger partial charge on any atom is -0.212 e. The molecule has 1 nitrogen and oxygen atoms in total. The normalized spacial score (nSPS) is 16.8. The fraction of sp³-hybridized carbons (Fsp3) is 0.227. The van der Waals surface area contributed by atoms with E-state index in [0.717, 1.165) is 30.1 Å². The zero-order valence-corrected chi connectivity index (χ0v) is 13.5. The topological polar surface area (TPSA) is 11.3 Å². The van der Waals surface area contributed by atoms with Crippen molar-refractivity contribution >= 4 is 0 Å². The summed E-state index contributed by atoms with van der Waals surface area (Å²) in [5.41, 5.74) is 5.16. The van der Waals surface area contributed by atoms with Crippen LogP contribution in [0, 0.1) is 5.92 Å². The third-order valence-corrected chi connectivity index (χ3v) is 4.73. The van der Waals surface area contributed by atoms with Gasteiger partial charge in [-0.2, -0.15) is 0 Å². The highest BCUT2D eigenvalue weighted by Gasteiger charge is 2.30. The summed E-state index contributed by atoms with van der Waals surface area (Å²) in [6.07, 6.45) is 3.36. The Morgan fingerprint density at radius 2 is 1.52 bits per heavy atom. The Morgan fingerprint density at radius 3 is 2.22 bits per heavy atom. The van der Waals surface area contributed by atoms with Crippen molar-refractivity contribution in [1.29, 1.82) is 0 Å². The molecular weight excluding hydrogens is 280 g/mol. The number of benzene rings is 2. The number of fused-ring (bicyclic) bond motifs is 1. The highest BCUT2D eigenvalue weighted by molar-refractivity contribution is 5.73. The second-order valence-electron chi connectivity index (χ2n) is 6.51. The quantitative estimate of drug-likeness (QED) is 0.527. The number of hydrogen-bond acceptors (Lipinski definition) is 0. The van der Waals surface area contributed by atoms with Gasteiger partial charge in [0, 0.05) is 5.56 Å².